The van der Waals surface area contributed by atoms with E-state index >= 15 is 4.39 Å². The van der Waals surface area contributed by atoms with E-state index < -0.39 is 11.9 Å². The largest absolute Gasteiger partial charge is 0.493 e. The lowest BCUT2D eigenvalue weighted by Gasteiger charge is -2.34. The summed E-state index contributed by atoms with van der Waals surface area (Å²) in [5.41, 5.74) is 2.86. The van der Waals surface area contributed by atoms with Crippen LogP contribution in [0, 0.1) is 17.1 Å². The molecule has 2 aromatic heterocycles. The molecule has 7 nitrogen and oxygen atoms in total. The lowest BCUT2D eigenvalue weighted by molar-refractivity contribution is 0.216. The van der Waals surface area contributed by atoms with Crippen LogP contribution < -0.4 is 14.4 Å². The minimum atomic E-state index is -0.516. The standard InChI is InChI=1S/C25H20Cl2FN5O2/c1-13(23-17(26)11-30-12-18(23)27)35-22-8-16-20(9-21(22)34-2)31-32-24(16)14-6-15(10-29)25(19(28)7-14)33-4-3-5-33/h6-9,11-13H,3-5H2,1-2H3,(H,31,32)/t13-/m1/s1. The summed E-state index contributed by atoms with van der Waals surface area (Å²) in [4.78, 5) is 5.85. The molecule has 35 heavy (non-hydrogen) atoms. The molecule has 1 atom stereocenters. The van der Waals surface area contributed by atoms with Crippen LogP contribution in [0.15, 0.2) is 36.7 Å². The Morgan fingerprint density at radius 1 is 1.14 bits per heavy atom. The summed E-state index contributed by atoms with van der Waals surface area (Å²) in [7, 11) is 1.53. The first-order chi connectivity index (χ1) is 16.9. The van der Waals surface area contributed by atoms with E-state index in [4.69, 9.17) is 32.7 Å². The number of benzene rings is 2. The summed E-state index contributed by atoms with van der Waals surface area (Å²) in [6.45, 7) is 3.29. The van der Waals surface area contributed by atoms with Crippen LogP contribution >= 0.6 is 23.2 Å². The predicted octanol–water partition coefficient (Wildman–Crippen LogP) is 6.30. The molecular formula is C25H20Cl2FN5O2. The van der Waals surface area contributed by atoms with Crippen molar-refractivity contribution < 1.29 is 13.9 Å². The van der Waals surface area contributed by atoms with Crippen molar-refractivity contribution in [3.05, 3.63) is 63.6 Å². The molecule has 0 radical (unpaired) electrons. The van der Waals surface area contributed by atoms with Crippen molar-refractivity contribution in [2.75, 3.05) is 25.1 Å². The Bertz CT molecular complexity index is 1460. The second-order valence-electron chi connectivity index (χ2n) is 8.20. The Morgan fingerprint density at radius 2 is 1.89 bits per heavy atom. The number of ether oxygens (including phenoxy) is 2. The molecule has 5 rings (SSSR count). The van der Waals surface area contributed by atoms with Crippen LogP contribution in [0.2, 0.25) is 10.0 Å². The van der Waals surface area contributed by atoms with Gasteiger partial charge in [-0.15, -0.1) is 0 Å². The van der Waals surface area contributed by atoms with Gasteiger partial charge in [-0.2, -0.15) is 10.4 Å². The monoisotopic (exact) mass is 511 g/mol. The summed E-state index contributed by atoms with van der Waals surface area (Å²) in [6.07, 6.45) is 3.47. The van der Waals surface area contributed by atoms with Crippen molar-refractivity contribution >= 4 is 39.8 Å². The van der Waals surface area contributed by atoms with Crippen molar-refractivity contribution in [1.82, 2.24) is 15.2 Å². The number of nitrogens with one attached hydrogen (secondary N) is 1. The summed E-state index contributed by atoms with van der Waals surface area (Å²) < 4.78 is 26.8. The molecule has 1 fully saturated rings. The Hall–Kier alpha value is -3.54. The van der Waals surface area contributed by atoms with Gasteiger partial charge >= 0.3 is 0 Å². The van der Waals surface area contributed by atoms with E-state index in [2.05, 4.69) is 21.3 Å². The molecule has 0 aliphatic carbocycles. The lowest BCUT2D eigenvalue weighted by Crippen LogP contribution is -2.38. The van der Waals surface area contributed by atoms with Crippen molar-refractivity contribution in [2.24, 2.45) is 0 Å². The quantitative estimate of drug-likeness (QED) is 0.326. The highest BCUT2D eigenvalue weighted by Gasteiger charge is 2.24. The first-order valence-electron chi connectivity index (χ1n) is 10.9. The van der Waals surface area contributed by atoms with Gasteiger partial charge in [0.1, 0.15) is 23.7 Å². The number of H-pyrrole nitrogens is 1. The predicted molar refractivity (Wildman–Crippen MR) is 133 cm³/mol. The summed E-state index contributed by atoms with van der Waals surface area (Å²) >= 11 is 12.6. The number of hydrogen-bond donors (Lipinski definition) is 1. The normalized spacial score (nSPS) is 13.9. The number of nitrogens with zero attached hydrogens (tertiary/aromatic N) is 4. The zero-order valence-corrected chi connectivity index (χ0v) is 20.4. The third kappa shape index (κ3) is 4.11. The van der Waals surface area contributed by atoms with Crippen molar-refractivity contribution in [1.29, 1.82) is 5.26 Å². The molecule has 0 saturated carbocycles. The van der Waals surface area contributed by atoms with Gasteiger partial charge in [0, 0.05) is 48.1 Å². The highest BCUT2D eigenvalue weighted by Crippen LogP contribution is 2.41. The number of pyridine rings is 1. The summed E-state index contributed by atoms with van der Waals surface area (Å²) in [5.74, 6) is 0.450. The van der Waals surface area contributed by atoms with Crippen LogP contribution in [0.3, 0.4) is 0 Å². The van der Waals surface area contributed by atoms with E-state index in [-0.39, 0.29) is 5.56 Å². The number of aromatic amines is 1. The van der Waals surface area contributed by atoms with Crippen LogP contribution in [-0.4, -0.2) is 35.4 Å². The van der Waals surface area contributed by atoms with Crippen LogP contribution in [0.1, 0.15) is 30.6 Å². The van der Waals surface area contributed by atoms with Crippen LogP contribution in [0.4, 0.5) is 10.1 Å². The van der Waals surface area contributed by atoms with Gasteiger partial charge in [-0.05, 0) is 31.5 Å². The second-order valence-corrected chi connectivity index (χ2v) is 9.02. The number of rotatable bonds is 6. The van der Waals surface area contributed by atoms with Gasteiger partial charge in [-0.3, -0.25) is 10.1 Å². The number of nitriles is 1. The first kappa shape index (κ1) is 23.2. The van der Waals surface area contributed by atoms with E-state index in [1.54, 1.807) is 18.2 Å². The molecule has 0 bridgehead atoms. The van der Waals surface area contributed by atoms with Gasteiger partial charge in [0.2, 0.25) is 0 Å². The van der Waals surface area contributed by atoms with E-state index in [1.807, 2.05) is 11.8 Å². The maximum absolute atomic E-state index is 15.1. The SMILES string of the molecule is COc1cc2[nH]nc(-c3cc(F)c(N4CCC4)c(C#N)c3)c2cc1O[C@H](C)c1c(Cl)cncc1Cl. The summed E-state index contributed by atoms with van der Waals surface area (Å²) in [6, 6.07) is 8.71. The molecule has 0 spiro atoms. The number of fused-ring (bicyclic) bond motifs is 1. The molecule has 178 valence electrons. The van der Waals surface area contributed by atoms with E-state index in [9.17, 15) is 5.26 Å². The van der Waals surface area contributed by atoms with Gasteiger partial charge in [-0.1, -0.05) is 23.2 Å². The average Bonchev–Trinajstić information content (AvgIpc) is 3.21. The Morgan fingerprint density at radius 3 is 2.51 bits per heavy atom. The fraction of sp³-hybridized carbons (Fsp3) is 0.240. The van der Waals surface area contributed by atoms with Crippen LogP contribution in [0.5, 0.6) is 11.5 Å². The Balaban J connectivity index is 1.58. The molecule has 4 aromatic rings. The lowest BCUT2D eigenvalue weighted by atomic mass is 10.0. The molecule has 2 aromatic carbocycles. The number of aromatic nitrogens is 3. The van der Waals surface area contributed by atoms with Crippen molar-refractivity contribution in [2.45, 2.75) is 19.4 Å². The molecule has 1 aliphatic rings. The van der Waals surface area contributed by atoms with Gasteiger partial charge in [0.15, 0.2) is 11.5 Å². The number of hydrogen-bond acceptors (Lipinski definition) is 6. The molecule has 1 N–H and O–H groups in total. The number of anilines is 1. The fourth-order valence-electron chi connectivity index (χ4n) is 4.24. The Kier molecular flexibility index (Phi) is 6.13. The van der Waals surface area contributed by atoms with E-state index in [0.717, 1.165) is 19.5 Å². The Labute approximate surface area is 211 Å². The third-order valence-electron chi connectivity index (χ3n) is 6.08. The minimum absolute atomic E-state index is 0.274. The van der Waals surface area contributed by atoms with Crippen LogP contribution in [-0.2, 0) is 0 Å². The van der Waals surface area contributed by atoms with Crippen molar-refractivity contribution in [3.63, 3.8) is 0 Å². The van der Waals surface area contributed by atoms with Gasteiger partial charge < -0.3 is 14.4 Å². The smallest absolute Gasteiger partial charge is 0.162 e. The molecular weight excluding hydrogens is 492 g/mol. The maximum atomic E-state index is 15.1. The molecule has 3 heterocycles. The molecule has 1 aliphatic heterocycles. The topological polar surface area (TPSA) is 87.1 Å². The highest BCUT2D eigenvalue weighted by molar-refractivity contribution is 6.35. The summed E-state index contributed by atoms with van der Waals surface area (Å²) in [5, 5.41) is 18.5. The van der Waals surface area contributed by atoms with E-state index in [0.29, 0.717) is 55.0 Å². The van der Waals surface area contributed by atoms with Gasteiger partial charge in [0.05, 0.1) is 33.9 Å². The third-order valence-corrected chi connectivity index (χ3v) is 6.68. The highest BCUT2D eigenvalue weighted by atomic mass is 35.5. The molecule has 10 heteroatoms. The van der Waals surface area contributed by atoms with Crippen molar-refractivity contribution in [3.8, 4) is 28.8 Å². The minimum Gasteiger partial charge on any atom is -0.493 e. The molecule has 0 unspecified atom stereocenters. The zero-order chi connectivity index (χ0) is 24.7. The second kappa shape index (κ2) is 9.25. The first-order valence-corrected chi connectivity index (χ1v) is 11.7. The number of methoxy groups -OCH3 is 1. The molecule has 0 amide bonds. The van der Waals surface area contributed by atoms with E-state index in [1.165, 1.54) is 25.6 Å². The maximum Gasteiger partial charge on any atom is 0.162 e. The van der Waals surface area contributed by atoms with Gasteiger partial charge in [0.25, 0.3) is 0 Å². The zero-order valence-electron chi connectivity index (χ0n) is 18.9. The average molecular weight is 512 g/mol. The van der Waals surface area contributed by atoms with Gasteiger partial charge in [-0.25, -0.2) is 4.39 Å². The number of halogens is 3. The fourth-order valence-corrected chi connectivity index (χ4v) is 4.91. The molecule has 1 saturated heterocycles. The van der Waals surface area contributed by atoms with Crippen LogP contribution in [0.25, 0.3) is 22.2 Å².